The Hall–Kier alpha value is -1.06. The second-order valence-electron chi connectivity index (χ2n) is 4.63. The summed E-state index contributed by atoms with van der Waals surface area (Å²) in [4.78, 5) is 12.2. The van der Waals surface area contributed by atoms with Gasteiger partial charge in [-0.15, -0.1) is 12.4 Å². The third-order valence-electron chi connectivity index (χ3n) is 3.29. The van der Waals surface area contributed by atoms with Gasteiger partial charge in [-0.05, 0) is 38.1 Å². The molecule has 0 atom stereocenters. The van der Waals surface area contributed by atoms with Gasteiger partial charge in [-0.3, -0.25) is 4.79 Å². The van der Waals surface area contributed by atoms with Gasteiger partial charge in [0.25, 0.3) is 0 Å². The van der Waals surface area contributed by atoms with Crippen LogP contribution in [-0.2, 0) is 4.79 Å². The zero-order valence-electron chi connectivity index (χ0n) is 10.0. The number of nitrogens with one attached hydrogen (secondary N) is 2. The fourth-order valence-corrected chi connectivity index (χ4v) is 2.01. The minimum atomic E-state index is -0.221. The number of piperidine rings is 1. The minimum absolute atomic E-state index is 0. The predicted octanol–water partition coefficient (Wildman–Crippen LogP) is 2.44. The van der Waals surface area contributed by atoms with Gasteiger partial charge in [-0.1, -0.05) is 25.1 Å². The number of benzene rings is 1. The number of carbonyl (C=O) groups is 1. The highest BCUT2D eigenvalue weighted by atomic mass is 35.5. The van der Waals surface area contributed by atoms with Crippen molar-refractivity contribution in [3.8, 4) is 0 Å². The summed E-state index contributed by atoms with van der Waals surface area (Å²) in [6.45, 7) is 3.91. The van der Waals surface area contributed by atoms with Crippen molar-refractivity contribution in [3.05, 3.63) is 30.3 Å². The summed E-state index contributed by atoms with van der Waals surface area (Å²) in [5, 5.41) is 6.26. The summed E-state index contributed by atoms with van der Waals surface area (Å²) in [6, 6.07) is 9.65. The summed E-state index contributed by atoms with van der Waals surface area (Å²) in [5.74, 6) is 0.139. The van der Waals surface area contributed by atoms with Gasteiger partial charge in [0.2, 0.25) is 5.91 Å². The quantitative estimate of drug-likeness (QED) is 0.851. The standard InChI is InChI=1S/C13H18N2O.ClH/c1-13(7-9-14-10-8-13)12(16)15-11-5-3-2-4-6-11;/h2-6,14H,7-10H2,1H3,(H,15,16);1H. The predicted molar refractivity (Wildman–Crippen MR) is 72.5 cm³/mol. The number of hydrogen-bond acceptors (Lipinski definition) is 2. The molecule has 4 heteroatoms. The van der Waals surface area contributed by atoms with E-state index in [4.69, 9.17) is 0 Å². The van der Waals surface area contributed by atoms with Gasteiger partial charge in [-0.2, -0.15) is 0 Å². The molecule has 0 bridgehead atoms. The molecule has 0 radical (unpaired) electrons. The second kappa shape index (κ2) is 6.03. The highest BCUT2D eigenvalue weighted by Gasteiger charge is 2.34. The zero-order valence-corrected chi connectivity index (χ0v) is 10.8. The van der Waals surface area contributed by atoms with Crippen LogP contribution < -0.4 is 10.6 Å². The molecule has 2 rings (SSSR count). The van der Waals surface area contributed by atoms with Crippen LogP contribution in [0, 0.1) is 5.41 Å². The second-order valence-corrected chi connectivity index (χ2v) is 4.63. The van der Waals surface area contributed by atoms with E-state index in [2.05, 4.69) is 10.6 Å². The van der Waals surface area contributed by atoms with Crippen LogP contribution in [0.1, 0.15) is 19.8 Å². The van der Waals surface area contributed by atoms with Gasteiger partial charge < -0.3 is 10.6 Å². The average molecular weight is 255 g/mol. The Morgan fingerprint density at radius 1 is 1.24 bits per heavy atom. The van der Waals surface area contributed by atoms with Gasteiger partial charge in [0.05, 0.1) is 0 Å². The van der Waals surface area contributed by atoms with Crippen molar-refractivity contribution in [1.82, 2.24) is 5.32 Å². The molecule has 17 heavy (non-hydrogen) atoms. The van der Waals surface area contributed by atoms with Gasteiger partial charge in [0.1, 0.15) is 0 Å². The molecule has 0 spiro atoms. The fraction of sp³-hybridized carbons (Fsp3) is 0.462. The van der Waals surface area contributed by atoms with Crippen LogP contribution in [-0.4, -0.2) is 19.0 Å². The molecule has 1 aliphatic heterocycles. The number of rotatable bonds is 2. The van der Waals surface area contributed by atoms with E-state index in [-0.39, 0.29) is 23.7 Å². The lowest BCUT2D eigenvalue weighted by Crippen LogP contribution is -2.42. The SMILES string of the molecule is CC1(C(=O)Nc2ccccc2)CCNCC1.Cl. The molecule has 0 saturated carbocycles. The van der Waals surface area contributed by atoms with Crippen LogP contribution in [0.15, 0.2) is 30.3 Å². The summed E-state index contributed by atoms with van der Waals surface area (Å²) in [6.07, 6.45) is 1.82. The normalized spacial score (nSPS) is 17.9. The number of carbonyl (C=O) groups excluding carboxylic acids is 1. The molecule has 94 valence electrons. The summed E-state index contributed by atoms with van der Waals surface area (Å²) in [5.41, 5.74) is 0.661. The van der Waals surface area contributed by atoms with Crippen LogP contribution in [0.25, 0.3) is 0 Å². The summed E-state index contributed by atoms with van der Waals surface area (Å²) < 4.78 is 0. The summed E-state index contributed by atoms with van der Waals surface area (Å²) >= 11 is 0. The van der Waals surface area contributed by atoms with E-state index in [1.54, 1.807) is 0 Å². The maximum atomic E-state index is 12.2. The van der Waals surface area contributed by atoms with Crippen LogP contribution in [0.3, 0.4) is 0 Å². The van der Waals surface area contributed by atoms with E-state index >= 15 is 0 Å². The lowest BCUT2D eigenvalue weighted by atomic mass is 9.80. The van der Waals surface area contributed by atoms with Gasteiger partial charge in [0.15, 0.2) is 0 Å². The number of amides is 1. The smallest absolute Gasteiger partial charge is 0.230 e. The molecule has 1 aromatic rings. The molecule has 1 fully saturated rings. The van der Waals surface area contributed by atoms with E-state index in [0.717, 1.165) is 31.6 Å². The van der Waals surface area contributed by atoms with Crippen LogP contribution in [0.2, 0.25) is 0 Å². The molecule has 1 aliphatic rings. The molecule has 0 unspecified atom stereocenters. The Morgan fingerprint density at radius 2 is 1.82 bits per heavy atom. The topological polar surface area (TPSA) is 41.1 Å². The lowest BCUT2D eigenvalue weighted by molar-refractivity contribution is -0.126. The minimum Gasteiger partial charge on any atom is -0.326 e. The zero-order chi connectivity index (χ0) is 11.4. The van der Waals surface area contributed by atoms with Crippen molar-refractivity contribution in [2.24, 2.45) is 5.41 Å². The Morgan fingerprint density at radius 3 is 2.41 bits per heavy atom. The van der Waals surface area contributed by atoms with Crippen LogP contribution >= 0.6 is 12.4 Å². The van der Waals surface area contributed by atoms with E-state index in [0.29, 0.717) is 0 Å². The molecule has 2 N–H and O–H groups in total. The maximum Gasteiger partial charge on any atom is 0.230 e. The van der Waals surface area contributed by atoms with E-state index < -0.39 is 0 Å². The molecule has 3 nitrogen and oxygen atoms in total. The molecule has 1 saturated heterocycles. The first-order chi connectivity index (χ1) is 7.71. The van der Waals surface area contributed by atoms with Crippen molar-refractivity contribution in [2.75, 3.05) is 18.4 Å². The first-order valence-corrected chi connectivity index (χ1v) is 5.78. The third kappa shape index (κ3) is 3.45. The summed E-state index contributed by atoms with van der Waals surface area (Å²) in [7, 11) is 0. The van der Waals surface area contributed by atoms with Crippen LogP contribution in [0.4, 0.5) is 5.69 Å². The van der Waals surface area contributed by atoms with E-state index in [1.807, 2.05) is 37.3 Å². The molecule has 0 aliphatic carbocycles. The molecule has 1 amide bonds. The van der Waals surface area contributed by atoms with Gasteiger partial charge in [0, 0.05) is 11.1 Å². The number of hydrogen-bond donors (Lipinski definition) is 2. The average Bonchev–Trinajstić information content (AvgIpc) is 2.31. The number of para-hydroxylation sites is 1. The fourth-order valence-electron chi connectivity index (χ4n) is 2.01. The van der Waals surface area contributed by atoms with Crippen molar-refractivity contribution < 1.29 is 4.79 Å². The Balaban J connectivity index is 0.00000144. The molecular weight excluding hydrogens is 236 g/mol. The van der Waals surface area contributed by atoms with Crippen molar-refractivity contribution in [1.29, 1.82) is 0 Å². The van der Waals surface area contributed by atoms with Crippen LogP contribution in [0.5, 0.6) is 0 Å². The first kappa shape index (κ1) is 14.0. The molecule has 1 heterocycles. The number of anilines is 1. The third-order valence-corrected chi connectivity index (χ3v) is 3.29. The van der Waals surface area contributed by atoms with E-state index in [9.17, 15) is 4.79 Å². The van der Waals surface area contributed by atoms with Crippen molar-refractivity contribution in [3.63, 3.8) is 0 Å². The van der Waals surface area contributed by atoms with E-state index in [1.165, 1.54) is 0 Å². The molecule has 1 aromatic carbocycles. The lowest BCUT2D eigenvalue weighted by Gasteiger charge is -2.32. The molecular formula is C13H19ClN2O. The Kier molecular flexibility index (Phi) is 4.97. The monoisotopic (exact) mass is 254 g/mol. The maximum absolute atomic E-state index is 12.2. The Bertz CT molecular complexity index is 361. The highest BCUT2D eigenvalue weighted by molar-refractivity contribution is 5.95. The molecule has 0 aromatic heterocycles. The largest absolute Gasteiger partial charge is 0.326 e. The number of halogens is 1. The van der Waals surface area contributed by atoms with Gasteiger partial charge in [-0.25, -0.2) is 0 Å². The van der Waals surface area contributed by atoms with Crippen molar-refractivity contribution in [2.45, 2.75) is 19.8 Å². The highest BCUT2D eigenvalue weighted by Crippen LogP contribution is 2.29. The van der Waals surface area contributed by atoms with Crippen molar-refractivity contribution >= 4 is 24.0 Å². The first-order valence-electron chi connectivity index (χ1n) is 5.78. The Labute approximate surface area is 108 Å². The van der Waals surface area contributed by atoms with Gasteiger partial charge >= 0.3 is 0 Å².